The van der Waals surface area contributed by atoms with Crippen LogP contribution in [-0.4, -0.2) is 15.0 Å². The lowest BCUT2D eigenvalue weighted by molar-refractivity contribution is 0.398. The number of benzene rings is 4. The molecule has 0 saturated heterocycles. The van der Waals surface area contributed by atoms with E-state index < -0.39 is 0 Å². The molecule has 0 radical (unpaired) electrons. The van der Waals surface area contributed by atoms with Crippen LogP contribution < -0.4 is 14.4 Å². The summed E-state index contributed by atoms with van der Waals surface area (Å²) < 4.78 is 11.9. The van der Waals surface area contributed by atoms with Gasteiger partial charge >= 0.3 is 12.0 Å². The Bertz CT molecular complexity index is 1300. The standard InChI is InChI=1S/C28H22N4O2/c1-21-12-11-15-23(20-21)32(22-13-5-2-6-14-22)26-29-27(33-24-16-7-3-8-17-24)31-28(30-26)34-25-18-9-4-10-19-25/h2-20H,1H3. The van der Waals surface area contributed by atoms with Crippen molar-refractivity contribution in [2.45, 2.75) is 6.92 Å². The highest BCUT2D eigenvalue weighted by Gasteiger charge is 2.20. The zero-order chi connectivity index (χ0) is 23.2. The molecule has 6 nitrogen and oxygen atoms in total. The molecule has 0 amide bonds. The van der Waals surface area contributed by atoms with Crippen molar-refractivity contribution in [1.29, 1.82) is 0 Å². The summed E-state index contributed by atoms with van der Waals surface area (Å²) >= 11 is 0. The highest BCUT2D eigenvalue weighted by molar-refractivity contribution is 5.73. The number of hydrogen-bond donors (Lipinski definition) is 0. The Morgan fingerprint density at radius 3 is 1.56 bits per heavy atom. The Morgan fingerprint density at radius 1 is 0.529 bits per heavy atom. The third-order valence-electron chi connectivity index (χ3n) is 4.96. The first kappa shape index (κ1) is 21.2. The molecule has 0 spiro atoms. The first-order valence-corrected chi connectivity index (χ1v) is 10.9. The number of rotatable bonds is 7. The number of anilines is 3. The van der Waals surface area contributed by atoms with Crippen LogP contribution in [0.5, 0.6) is 23.5 Å². The van der Waals surface area contributed by atoms with Gasteiger partial charge in [0.15, 0.2) is 0 Å². The summed E-state index contributed by atoms with van der Waals surface area (Å²) in [6.07, 6.45) is 0. The van der Waals surface area contributed by atoms with E-state index in [1.54, 1.807) is 0 Å². The van der Waals surface area contributed by atoms with E-state index in [9.17, 15) is 0 Å². The average Bonchev–Trinajstić information content (AvgIpc) is 2.86. The SMILES string of the molecule is Cc1cccc(N(c2ccccc2)c2nc(Oc3ccccc3)nc(Oc3ccccc3)n2)c1. The fourth-order valence-electron chi connectivity index (χ4n) is 3.43. The third kappa shape index (κ3) is 5.02. The topological polar surface area (TPSA) is 60.4 Å². The maximum absolute atomic E-state index is 5.97. The fourth-order valence-corrected chi connectivity index (χ4v) is 3.43. The first-order valence-electron chi connectivity index (χ1n) is 10.9. The van der Waals surface area contributed by atoms with Gasteiger partial charge in [-0.15, -0.1) is 4.98 Å². The van der Waals surface area contributed by atoms with Crippen LogP contribution in [-0.2, 0) is 0 Å². The second kappa shape index (κ2) is 9.83. The molecule has 166 valence electrons. The zero-order valence-corrected chi connectivity index (χ0v) is 18.6. The highest BCUT2D eigenvalue weighted by atomic mass is 16.5. The van der Waals surface area contributed by atoms with Gasteiger partial charge in [-0.05, 0) is 61.0 Å². The molecule has 0 bridgehead atoms. The van der Waals surface area contributed by atoms with Gasteiger partial charge in [0, 0.05) is 11.4 Å². The molecule has 1 heterocycles. The molecule has 5 aromatic rings. The average molecular weight is 447 g/mol. The van der Waals surface area contributed by atoms with Crippen LogP contribution in [0.1, 0.15) is 5.56 Å². The van der Waals surface area contributed by atoms with Crippen molar-refractivity contribution in [2.75, 3.05) is 4.90 Å². The smallest absolute Gasteiger partial charge is 0.330 e. The Hall–Kier alpha value is -4.71. The van der Waals surface area contributed by atoms with Crippen LogP contribution in [0.2, 0.25) is 0 Å². The molecule has 0 unspecified atom stereocenters. The van der Waals surface area contributed by atoms with Gasteiger partial charge in [-0.2, -0.15) is 9.97 Å². The third-order valence-corrected chi connectivity index (χ3v) is 4.96. The predicted molar refractivity (Wildman–Crippen MR) is 132 cm³/mol. The minimum absolute atomic E-state index is 0.135. The van der Waals surface area contributed by atoms with Crippen molar-refractivity contribution in [2.24, 2.45) is 0 Å². The highest BCUT2D eigenvalue weighted by Crippen LogP contribution is 2.34. The molecule has 0 fully saturated rings. The van der Waals surface area contributed by atoms with E-state index in [0.29, 0.717) is 17.4 Å². The molecule has 1 aromatic heterocycles. The molecule has 0 saturated carbocycles. The minimum atomic E-state index is 0.135. The summed E-state index contributed by atoms with van der Waals surface area (Å²) in [6.45, 7) is 2.05. The van der Waals surface area contributed by atoms with Crippen LogP contribution in [0.4, 0.5) is 17.3 Å². The minimum Gasteiger partial charge on any atom is -0.424 e. The number of ether oxygens (including phenoxy) is 2. The zero-order valence-electron chi connectivity index (χ0n) is 18.6. The fraction of sp³-hybridized carbons (Fsp3) is 0.0357. The van der Waals surface area contributed by atoms with Crippen molar-refractivity contribution in [1.82, 2.24) is 15.0 Å². The maximum Gasteiger partial charge on any atom is 0.330 e. The van der Waals surface area contributed by atoms with Gasteiger partial charge in [-0.3, -0.25) is 4.90 Å². The van der Waals surface area contributed by atoms with E-state index in [1.165, 1.54) is 0 Å². The van der Waals surface area contributed by atoms with Crippen molar-refractivity contribution in [3.05, 3.63) is 121 Å². The van der Waals surface area contributed by atoms with Crippen LogP contribution >= 0.6 is 0 Å². The van der Waals surface area contributed by atoms with E-state index in [1.807, 2.05) is 121 Å². The molecule has 0 aliphatic carbocycles. The van der Waals surface area contributed by atoms with E-state index >= 15 is 0 Å². The number of hydrogen-bond acceptors (Lipinski definition) is 6. The van der Waals surface area contributed by atoms with Crippen LogP contribution in [0.3, 0.4) is 0 Å². The largest absolute Gasteiger partial charge is 0.424 e. The summed E-state index contributed by atoms with van der Waals surface area (Å²) in [5, 5.41) is 0. The molecular formula is C28H22N4O2. The lowest BCUT2D eigenvalue weighted by Crippen LogP contribution is -2.15. The number of nitrogens with zero attached hydrogens (tertiary/aromatic N) is 4. The lowest BCUT2D eigenvalue weighted by Gasteiger charge is -2.23. The van der Waals surface area contributed by atoms with E-state index in [2.05, 4.69) is 21.0 Å². The predicted octanol–water partition coefficient (Wildman–Crippen LogP) is 7.23. The van der Waals surface area contributed by atoms with Crippen LogP contribution in [0.15, 0.2) is 115 Å². The van der Waals surface area contributed by atoms with E-state index in [0.717, 1.165) is 16.9 Å². The summed E-state index contributed by atoms with van der Waals surface area (Å²) in [4.78, 5) is 15.7. The molecule has 0 atom stereocenters. The molecule has 0 aliphatic rings. The molecule has 5 rings (SSSR count). The van der Waals surface area contributed by atoms with Gasteiger partial charge in [0.1, 0.15) is 11.5 Å². The molecule has 0 aliphatic heterocycles. The van der Waals surface area contributed by atoms with E-state index in [-0.39, 0.29) is 12.0 Å². The van der Waals surface area contributed by atoms with E-state index in [4.69, 9.17) is 9.47 Å². The van der Waals surface area contributed by atoms with Crippen LogP contribution in [0.25, 0.3) is 0 Å². The van der Waals surface area contributed by atoms with Gasteiger partial charge in [0.25, 0.3) is 0 Å². The second-order valence-electron chi connectivity index (χ2n) is 7.54. The van der Waals surface area contributed by atoms with Crippen molar-refractivity contribution in [3.63, 3.8) is 0 Å². The molecular weight excluding hydrogens is 424 g/mol. The Labute approximate surface area is 198 Å². The number of aryl methyl sites for hydroxylation is 1. The van der Waals surface area contributed by atoms with Crippen molar-refractivity contribution in [3.8, 4) is 23.5 Å². The summed E-state index contributed by atoms with van der Waals surface area (Å²) in [7, 11) is 0. The lowest BCUT2D eigenvalue weighted by atomic mass is 10.2. The monoisotopic (exact) mass is 446 g/mol. The van der Waals surface area contributed by atoms with Gasteiger partial charge in [-0.1, -0.05) is 66.7 Å². The Morgan fingerprint density at radius 2 is 1.03 bits per heavy atom. The number of aromatic nitrogens is 3. The molecule has 4 aromatic carbocycles. The van der Waals surface area contributed by atoms with Crippen molar-refractivity contribution >= 4 is 17.3 Å². The van der Waals surface area contributed by atoms with Gasteiger partial charge in [0.05, 0.1) is 0 Å². The summed E-state index contributed by atoms with van der Waals surface area (Å²) in [5.74, 6) is 1.61. The molecule has 0 N–H and O–H groups in total. The van der Waals surface area contributed by atoms with Crippen molar-refractivity contribution < 1.29 is 9.47 Å². The summed E-state index contributed by atoms with van der Waals surface area (Å²) in [5.41, 5.74) is 2.93. The maximum atomic E-state index is 5.97. The molecule has 6 heteroatoms. The van der Waals surface area contributed by atoms with Gasteiger partial charge in [0.2, 0.25) is 5.95 Å². The first-order chi connectivity index (χ1) is 16.7. The summed E-state index contributed by atoms with van der Waals surface area (Å²) in [6, 6.07) is 37.1. The van der Waals surface area contributed by atoms with Crippen LogP contribution in [0, 0.1) is 6.92 Å². The number of para-hydroxylation sites is 3. The normalized spacial score (nSPS) is 10.5. The second-order valence-corrected chi connectivity index (χ2v) is 7.54. The Kier molecular flexibility index (Phi) is 6.12. The van der Waals surface area contributed by atoms with Gasteiger partial charge in [-0.25, -0.2) is 0 Å². The molecule has 34 heavy (non-hydrogen) atoms. The quantitative estimate of drug-likeness (QED) is 0.263. The Balaban J connectivity index is 1.63. The van der Waals surface area contributed by atoms with Gasteiger partial charge < -0.3 is 9.47 Å².